The first kappa shape index (κ1) is 15.2. The van der Waals surface area contributed by atoms with Crippen LogP contribution >= 0.6 is 23.1 Å². The number of carbonyl (C=O) groups is 1. The van der Waals surface area contributed by atoms with Gasteiger partial charge in [0.2, 0.25) is 0 Å². The third kappa shape index (κ3) is 2.79. The van der Waals surface area contributed by atoms with Gasteiger partial charge in [0.25, 0.3) is 0 Å². The van der Waals surface area contributed by atoms with E-state index in [0.29, 0.717) is 0 Å². The highest BCUT2D eigenvalue weighted by Crippen LogP contribution is 2.47. The number of nitrogens with zero attached hydrogens (tertiary/aromatic N) is 1. The highest BCUT2D eigenvalue weighted by atomic mass is 32.2. The summed E-state index contributed by atoms with van der Waals surface area (Å²) in [6, 6.07) is 18.5. The van der Waals surface area contributed by atoms with Crippen molar-refractivity contribution in [2.45, 2.75) is 9.79 Å². The van der Waals surface area contributed by atoms with E-state index in [1.807, 2.05) is 23.6 Å². The summed E-state index contributed by atoms with van der Waals surface area (Å²) in [5.74, 6) is 0.0536. The largest absolute Gasteiger partial charge is 0.343 e. The Balaban J connectivity index is 1.62. The molecule has 118 valence electrons. The number of ketones is 1. The summed E-state index contributed by atoms with van der Waals surface area (Å²) in [4.78, 5) is 17.5. The topological polar surface area (TPSA) is 20.3 Å². The maximum atomic E-state index is 12.1. The third-order valence-corrected chi connectivity index (χ3v) is 5.98. The van der Waals surface area contributed by atoms with Gasteiger partial charge in [0.15, 0.2) is 5.78 Å². The van der Waals surface area contributed by atoms with Gasteiger partial charge in [-0.15, -0.1) is 11.3 Å². The fourth-order valence-electron chi connectivity index (χ4n) is 2.73. The Morgan fingerprint density at radius 1 is 1.00 bits per heavy atom. The molecule has 0 unspecified atom stereocenters. The number of carbonyl (C=O) groups excluding carboxylic acids is 1. The van der Waals surface area contributed by atoms with Crippen molar-refractivity contribution >= 4 is 46.3 Å². The molecule has 0 N–H and O–H groups in total. The van der Waals surface area contributed by atoms with Crippen LogP contribution in [0.5, 0.6) is 0 Å². The molecule has 0 saturated heterocycles. The molecule has 0 atom stereocenters. The van der Waals surface area contributed by atoms with Crippen molar-refractivity contribution in [1.82, 2.24) is 0 Å². The van der Waals surface area contributed by atoms with Crippen LogP contribution in [0.4, 0.5) is 11.4 Å². The second-order valence-corrected chi connectivity index (χ2v) is 7.56. The number of thiophene rings is 1. The molecule has 3 aromatic rings. The fraction of sp³-hybridized carbons (Fsp3) is 0.0500. The standard InChI is InChI=1S/C20H15NOS2/c1-21-15-5-2-3-6-18(15)24-20-13-14(8-10-16(20)21)9-11-17(22)19-7-4-12-23-19/h2-13H,1H3. The minimum Gasteiger partial charge on any atom is -0.343 e. The Morgan fingerprint density at radius 3 is 2.67 bits per heavy atom. The smallest absolute Gasteiger partial charge is 0.195 e. The first-order valence-corrected chi connectivity index (χ1v) is 9.32. The summed E-state index contributed by atoms with van der Waals surface area (Å²) < 4.78 is 0. The molecule has 2 nitrogen and oxygen atoms in total. The highest BCUT2D eigenvalue weighted by molar-refractivity contribution is 7.99. The normalized spacial score (nSPS) is 13.0. The van der Waals surface area contributed by atoms with E-state index in [-0.39, 0.29) is 5.78 Å². The van der Waals surface area contributed by atoms with Crippen molar-refractivity contribution in [1.29, 1.82) is 0 Å². The average Bonchev–Trinajstić information content (AvgIpc) is 3.14. The quantitative estimate of drug-likeness (QED) is 0.435. The van der Waals surface area contributed by atoms with E-state index in [9.17, 15) is 4.79 Å². The van der Waals surface area contributed by atoms with Gasteiger partial charge in [-0.1, -0.05) is 42.1 Å². The van der Waals surface area contributed by atoms with Crippen molar-refractivity contribution < 1.29 is 4.79 Å². The predicted molar refractivity (Wildman–Crippen MR) is 103 cm³/mol. The van der Waals surface area contributed by atoms with Crippen molar-refractivity contribution in [3.05, 3.63) is 76.5 Å². The van der Waals surface area contributed by atoms with Crippen molar-refractivity contribution in [3.63, 3.8) is 0 Å². The van der Waals surface area contributed by atoms with Gasteiger partial charge in [-0.05, 0) is 47.4 Å². The van der Waals surface area contributed by atoms with E-state index >= 15 is 0 Å². The van der Waals surface area contributed by atoms with Gasteiger partial charge >= 0.3 is 0 Å². The number of para-hydroxylation sites is 1. The minimum atomic E-state index is 0.0536. The van der Waals surface area contributed by atoms with Gasteiger partial charge in [0.05, 0.1) is 16.3 Å². The van der Waals surface area contributed by atoms with Crippen LogP contribution < -0.4 is 4.90 Å². The van der Waals surface area contributed by atoms with Crippen LogP contribution in [0.15, 0.2) is 75.8 Å². The van der Waals surface area contributed by atoms with E-state index < -0.39 is 0 Å². The third-order valence-electron chi connectivity index (χ3n) is 3.98. The summed E-state index contributed by atoms with van der Waals surface area (Å²) in [6.45, 7) is 0. The molecule has 4 rings (SSSR count). The Morgan fingerprint density at radius 2 is 1.83 bits per heavy atom. The second kappa shape index (κ2) is 6.30. The van der Waals surface area contributed by atoms with Gasteiger partial charge in [-0.3, -0.25) is 4.79 Å². The zero-order valence-corrected chi connectivity index (χ0v) is 14.7. The molecule has 1 aromatic heterocycles. The summed E-state index contributed by atoms with van der Waals surface area (Å²) in [7, 11) is 2.09. The van der Waals surface area contributed by atoms with E-state index in [0.717, 1.165) is 10.4 Å². The molecule has 0 amide bonds. The molecule has 1 aliphatic heterocycles. The Labute approximate surface area is 149 Å². The zero-order valence-electron chi connectivity index (χ0n) is 13.1. The summed E-state index contributed by atoms with van der Waals surface area (Å²) in [5.41, 5.74) is 3.46. The Kier molecular flexibility index (Phi) is 4.00. The van der Waals surface area contributed by atoms with Crippen LogP contribution in [0.1, 0.15) is 15.2 Å². The molecule has 1 aliphatic rings. The number of fused-ring (bicyclic) bond motifs is 2. The minimum absolute atomic E-state index is 0.0536. The average molecular weight is 349 g/mol. The van der Waals surface area contributed by atoms with Gasteiger partial charge in [-0.25, -0.2) is 0 Å². The first-order chi connectivity index (χ1) is 11.7. The molecule has 0 radical (unpaired) electrons. The molecule has 0 aliphatic carbocycles. The molecule has 24 heavy (non-hydrogen) atoms. The highest BCUT2D eigenvalue weighted by Gasteiger charge is 2.20. The van der Waals surface area contributed by atoms with E-state index in [4.69, 9.17) is 0 Å². The maximum absolute atomic E-state index is 12.1. The molecule has 0 bridgehead atoms. The molecule has 0 spiro atoms. The molecule has 4 heteroatoms. The number of hydrogen-bond acceptors (Lipinski definition) is 4. The molecule has 0 fully saturated rings. The lowest BCUT2D eigenvalue weighted by molar-refractivity contribution is 0.105. The Bertz CT molecular complexity index is 929. The van der Waals surface area contributed by atoms with Gasteiger partial charge < -0.3 is 4.90 Å². The number of hydrogen-bond donors (Lipinski definition) is 0. The summed E-state index contributed by atoms with van der Waals surface area (Å²) >= 11 is 3.24. The SMILES string of the molecule is CN1c2ccccc2Sc2cc(C=CC(=O)c3cccs3)ccc21. The second-order valence-electron chi connectivity index (χ2n) is 5.53. The fourth-order valence-corrected chi connectivity index (χ4v) is 4.58. The number of rotatable bonds is 3. The van der Waals surface area contributed by atoms with Crippen LogP contribution in [0.25, 0.3) is 6.08 Å². The van der Waals surface area contributed by atoms with Crippen LogP contribution in [0.3, 0.4) is 0 Å². The lowest BCUT2D eigenvalue weighted by atomic mass is 10.1. The Hall–Kier alpha value is -2.30. The van der Waals surface area contributed by atoms with Gasteiger partial charge in [0, 0.05) is 16.8 Å². The molecule has 2 aromatic carbocycles. The first-order valence-electron chi connectivity index (χ1n) is 7.63. The lowest BCUT2D eigenvalue weighted by Crippen LogP contribution is -2.14. The molecule has 2 heterocycles. The molecule has 0 saturated carbocycles. The van der Waals surface area contributed by atoms with Gasteiger partial charge in [0.1, 0.15) is 0 Å². The lowest BCUT2D eigenvalue weighted by Gasteiger charge is -2.29. The van der Waals surface area contributed by atoms with Crippen LogP contribution in [-0.4, -0.2) is 12.8 Å². The number of benzene rings is 2. The molecular formula is C20H15NOS2. The monoisotopic (exact) mass is 349 g/mol. The van der Waals surface area contributed by atoms with Gasteiger partial charge in [-0.2, -0.15) is 0 Å². The van der Waals surface area contributed by atoms with Crippen molar-refractivity contribution in [2.75, 3.05) is 11.9 Å². The van der Waals surface area contributed by atoms with E-state index in [2.05, 4.69) is 54.4 Å². The van der Waals surface area contributed by atoms with Crippen LogP contribution in [0, 0.1) is 0 Å². The molecular weight excluding hydrogens is 334 g/mol. The van der Waals surface area contributed by atoms with Crippen molar-refractivity contribution in [2.24, 2.45) is 0 Å². The maximum Gasteiger partial charge on any atom is 0.195 e. The predicted octanol–water partition coefficient (Wildman–Crippen LogP) is 5.88. The van der Waals surface area contributed by atoms with Crippen LogP contribution in [0.2, 0.25) is 0 Å². The van der Waals surface area contributed by atoms with Crippen molar-refractivity contribution in [3.8, 4) is 0 Å². The van der Waals surface area contributed by atoms with E-state index in [1.165, 1.54) is 32.5 Å². The van der Waals surface area contributed by atoms with Crippen LogP contribution in [-0.2, 0) is 0 Å². The van der Waals surface area contributed by atoms with E-state index in [1.54, 1.807) is 17.8 Å². The number of allylic oxidation sites excluding steroid dienone is 1. The summed E-state index contributed by atoms with van der Waals surface area (Å²) in [5, 5.41) is 1.92. The summed E-state index contributed by atoms with van der Waals surface area (Å²) in [6.07, 6.45) is 3.54. The number of anilines is 2. The zero-order chi connectivity index (χ0) is 16.5.